The third-order valence-electron chi connectivity index (χ3n) is 17.7. The number of anilines is 4. The fourth-order valence-corrected chi connectivity index (χ4v) is 13.3. The van der Waals surface area contributed by atoms with Gasteiger partial charge in [0, 0.05) is 45.9 Å². The van der Waals surface area contributed by atoms with Crippen LogP contribution in [0.3, 0.4) is 0 Å². The van der Waals surface area contributed by atoms with Crippen molar-refractivity contribution in [2.45, 2.75) is 84.0 Å². The normalized spacial score (nSPS) is 14.9. The first kappa shape index (κ1) is 52.6. The minimum atomic E-state index is -0.658. The lowest BCUT2D eigenvalue weighted by atomic mass is 9.66. The minimum absolute atomic E-state index is 0.00797. The maximum atomic E-state index is 6.93. The van der Waals surface area contributed by atoms with E-state index in [4.69, 9.17) is 9.72 Å². The highest BCUT2D eigenvalue weighted by atomic mass is 16.5. The lowest BCUT2D eigenvalue weighted by Crippen LogP contribution is -2.30. The number of nitrogens with zero attached hydrogens (tertiary/aromatic N) is 4. The molecule has 2 aromatic heterocycles. The SMILES string of the molecule is CC(C)(C)c1ccc(C2(c3cc(-c4ccccc4)c(N4CN(c5cccc(Oc6ccc7c8ccccc8n(-c8cc(C(C)(C)C)ccn8)c7c6)c5)c5ccccc54)c(-c4ccccc4)c3)c3ccccc3-c3cc(C(C)(C)C)ccc32)cc1. The number of ether oxygens (including phenoxy) is 1. The van der Waals surface area contributed by atoms with Crippen molar-refractivity contribution in [2.75, 3.05) is 16.5 Å². The van der Waals surface area contributed by atoms with Gasteiger partial charge in [0.1, 0.15) is 24.0 Å². The highest BCUT2D eigenvalue weighted by molar-refractivity contribution is 6.09. The Balaban J connectivity index is 0.926. The summed E-state index contributed by atoms with van der Waals surface area (Å²) in [4.78, 5) is 9.92. The maximum absolute atomic E-state index is 6.93. The van der Waals surface area contributed by atoms with Gasteiger partial charge in [-0.05, 0) is 144 Å². The molecule has 0 saturated carbocycles. The largest absolute Gasteiger partial charge is 0.457 e. The lowest BCUT2D eigenvalue weighted by Gasteiger charge is -2.37. The second-order valence-electron chi connectivity index (χ2n) is 26.1. The van der Waals surface area contributed by atoms with Crippen molar-refractivity contribution in [1.82, 2.24) is 9.55 Å². The number of aromatic nitrogens is 2. The van der Waals surface area contributed by atoms with Crippen molar-refractivity contribution in [1.29, 1.82) is 0 Å². The summed E-state index contributed by atoms with van der Waals surface area (Å²) in [6.07, 6.45) is 1.93. The molecule has 1 atom stereocenters. The first-order valence-electron chi connectivity index (χ1n) is 29.6. The summed E-state index contributed by atoms with van der Waals surface area (Å²) in [5.41, 5.74) is 22.0. The molecular formula is C79H70N4O. The standard InChI is InChI=1S/C79H70N4O/c1-76(2,3)54-35-37-55(38-36-54)79(68-31-18-16-29-62(68)67-45-56(77(4,5)6)39-42-69(67)79)58-46-65(52-23-12-10-13-24-52)75(66(47-58)53-25-14-11-15-26-53)82-51-81(71-33-20-21-34-72(71)82)59-27-22-28-60(49-59)84-61-40-41-64-63-30-17-19-32-70(63)83(73(64)50-61)74-48-57(43-44-80-74)78(7,8)9/h10-50H,51H2,1-9H3. The number of hydrogen-bond donors (Lipinski definition) is 0. The Labute approximate surface area is 495 Å². The van der Waals surface area contributed by atoms with E-state index in [9.17, 15) is 0 Å². The summed E-state index contributed by atoms with van der Waals surface area (Å²) in [6.45, 7) is 21.2. The summed E-state index contributed by atoms with van der Waals surface area (Å²) in [5.74, 6) is 2.40. The molecule has 3 heterocycles. The molecule has 0 radical (unpaired) electrons. The quantitative estimate of drug-likeness (QED) is 0.144. The highest BCUT2D eigenvalue weighted by Crippen LogP contribution is 2.60. The zero-order valence-electron chi connectivity index (χ0n) is 49.6. The zero-order valence-corrected chi connectivity index (χ0v) is 49.6. The number of pyridine rings is 1. The third kappa shape index (κ3) is 8.79. The number of para-hydroxylation sites is 3. The molecule has 0 fully saturated rings. The topological polar surface area (TPSA) is 33.5 Å². The van der Waals surface area contributed by atoms with Crippen LogP contribution in [0.1, 0.15) is 101 Å². The Morgan fingerprint density at radius 3 is 1.65 bits per heavy atom. The van der Waals surface area contributed by atoms with Gasteiger partial charge in [-0.2, -0.15) is 0 Å². The van der Waals surface area contributed by atoms with Gasteiger partial charge in [0.2, 0.25) is 0 Å². The van der Waals surface area contributed by atoms with Gasteiger partial charge in [0.25, 0.3) is 0 Å². The Morgan fingerprint density at radius 1 is 0.393 bits per heavy atom. The Hall–Kier alpha value is -9.45. The van der Waals surface area contributed by atoms with Gasteiger partial charge in [0.15, 0.2) is 0 Å². The number of benzene rings is 10. The number of rotatable bonds is 9. The predicted octanol–water partition coefficient (Wildman–Crippen LogP) is 20.8. The molecule has 0 spiro atoms. The summed E-state index contributed by atoms with van der Waals surface area (Å²) < 4.78 is 9.21. The molecule has 5 heteroatoms. The van der Waals surface area contributed by atoms with Crippen molar-refractivity contribution in [3.63, 3.8) is 0 Å². The molecular weight excluding hydrogens is 1020 g/mol. The lowest BCUT2D eigenvalue weighted by molar-refractivity contribution is 0.483. The number of fused-ring (bicyclic) bond motifs is 7. The molecule has 0 saturated heterocycles. The minimum Gasteiger partial charge on any atom is -0.457 e. The molecule has 2 aliphatic rings. The van der Waals surface area contributed by atoms with Gasteiger partial charge in [-0.25, -0.2) is 4.98 Å². The predicted molar refractivity (Wildman–Crippen MR) is 351 cm³/mol. The molecule has 0 amide bonds. The molecule has 12 aromatic rings. The molecule has 14 rings (SSSR count). The van der Waals surface area contributed by atoms with Crippen LogP contribution in [0.15, 0.2) is 249 Å². The zero-order chi connectivity index (χ0) is 57.7. The van der Waals surface area contributed by atoms with Gasteiger partial charge in [0.05, 0.1) is 33.5 Å². The second kappa shape index (κ2) is 19.9. The number of hydrogen-bond acceptors (Lipinski definition) is 4. The van der Waals surface area contributed by atoms with Crippen molar-refractivity contribution in [3.8, 4) is 50.7 Å². The van der Waals surface area contributed by atoms with E-state index in [0.717, 1.165) is 78.7 Å². The molecule has 0 N–H and O–H groups in total. The molecule has 10 aromatic carbocycles. The maximum Gasteiger partial charge on any atom is 0.137 e. The van der Waals surface area contributed by atoms with E-state index >= 15 is 0 Å². The highest BCUT2D eigenvalue weighted by Gasteiger charge is 2.48. The van der Waals surface area contributed by atoms with Crippen LogP contribution in [-0.4, -0.2) is 16.2 Å². The summed E-state index contributed by atoms with van der Waals surface area (Å²) >= 11 is 0. The fraction of sp³-hybridized carbons (Fsp3) is 0.177. The summed E-state index contributed by atoms with van der Waals surface area (Å²) in [6, 6.07) is 90.0. The van der Waals surface area contributed by atoms with E-state index in [1.54, 1.807) is 0 Å². The first-order chi connectivity index (χ1) is 40.5. The van der Waals surface area contributed by atoms with E-state index in [0.29, 0.717) is 6.67 Å². The van der Waals surface area contributed by atoms with Crippen LogP contribution >= 0.6 is 0 Å². The van der Waals surface area contributed by atoms with Crippen molar-refractivity contribution in [2.24, 2.45) is 0 Å². The third-order valence-corrected chi connectivity index (χ3v) is 17.7. The molecule has 0 bridgehead atoms. The molecule has 412 valence electrons. The van der Waals surface area contributed by atoms with Crippen LogP contribution in [0.4, 0.5) is 22.7 Å². The molecule has 1 aliphatic heterocycles. The Bertz CT molecular complexity index is 4440. The van der Waals surface area contributed by atoms with Gasteiger partial charge in [-0.1, -0.05) is 226 Å². The molecule has 84 heavy (non-hydrogen) atoms. The van der Waals surface area contributed by atoms with Gasteiger partial charge in [-0.3, -0.25) is 4.57 Å². The average Bonchev–Trinajstić information content (AvgIpc) is 3.07. The molecule has 1 unspecified atom stereocenters. The smallest absolute Gasteiger partial charge is 0.137 e. The van der Waals surface area contributed by atoms with Gasteiger partial charge >= 0.3 is 0 Å². The van der Waals surface area contributed by atoms with E-state index in [2.05, 4.69) is 319 Å². The first-order valence-corrected chi connectivity index (χ1v) is 29.6. The van der Waals surface area contributed by atoms with Crippen LogP contribution in [0.5, 0.6) is 11.5 Å². The van der Waals surface area contributed by atoms with E-state index in [1.807, 2.05) is 6.20 Å². The second-order valence-corrected chi connectivity index (χ2v) is 26.1. The average molecular weight is 1090 g/mol. The summed E-state index contributed by atoms with van der Waals surface area (Å²) in [5, 5.41) is 2.33. The Morgan fingerprint density at radius 2 is 0.964 bits per heavy atom. The van der Waals surface area contributed by atoms with Gasteiger partial charge in [-0.15, -0.1) is 0 Å². The molecule has 1 aliphatic carbocycles. The van der Waals surface area contributed by atoms with E-state index < -0.39 is 5.41 Å². The van der Waals surface area contributed by atoms with Crippen LogP contribution < -0.4 is 14.5 Å². The van der Waals surface area contributed by atoms with E-state index in [1.165, 1.54) is 55.5 Å². The van der Waals surface area contributed by atoms with Crippen molar-refractivity contribution < 1.29 is 4.74 Å². The van der Waals surface area contributed by atoms with Crippen LogP contribution in [0.25, 0.3) is 61.0 Å². The van der Waals surface area contributed by atoms with Crippen LogP contribution in [0, 0.1) is 0 Å². The van der Waals surface area contributed by atoms with E-state index in [-0.39, 0.29) is 16.2 Å². The van der Waals surface area contributed by atoms with Gasteiger partial charge < -0.3 is 14.5 Å². The Kier molecular flexibility index (Phi) is 12.5. The fourth-order valence-electron chi connectivity index (χ4n) is 13.3. The van der Waals surface area contributed by atoms with Crippen LogP contribution in [-0.2, 0) is 21.7 Å². The van der Waals surface area contributed by atoms with Crippen molar-refractivity contribution >= 4 is 44.6 Å². The van der Waals surface area contributed by atoms with Crippen molar-refractivity contribution in [3.05, 3.63) is 288 Å². The van der Waals surface area contributed by atoms with Crippen LogP contribution in [0.2, 0.25) is 0 Å². The molecule has 5 nitrogen and oxygen atoms in total. The monoisotopic (exact) mass is 1090 g/mol. The summed E-state index contributed by atoms with van der Waals surface area (Å²) in [7, 11) is 0.